The molecule has 4 rings (SSSR count). The molecule has 1 heterocycles. The number of nitrogens with zero attached hydrogens (tertiary/aromatic N) is 1. The van der Waals surface area contributed by atoms with Crippen LogP contribution < -0.4 is 14.4 Å². The van der Waals surface area contributed by atoms with E-state index < -0.39 is 27.5 Å². The number of carbonyl (C=O) groups is 1. The van der Waals surface area contributed by atoms with Gasteiger partial charge >= 0.3 is 0 Å². The number of carbonyl (C=O) groups excluding carboxylic acids is 1. The highest BCUT2D eigenvalue weighted by molar-refractivity contribution is 7.95. The second-order valence-electron chi connectivity index (χ2n) is 7.58. The van der Waals surface area contributed by atoms with Crippen LogP contribution >= 0.6 is 0 Å². The van der Waals surface area contributed by atoms with Crippen LogP contribution in [0, 0.1) is 6.92 Å². The molecular formula is C25H23NO6S. The number of aliphatic hydroxyl groups excluding tert-OH is 1. The van der Waals surface area contributed by atoms with Crippen LogP contribution in [0.5, 0.6) is 11.5 Å². The number of amides is 1. The lowest BCUT2D eigenvalue weighted by Gasteiger charge is -2.27. The molecule has 0 unspecified atom stereocenters. The molecule has 1 N–H and O–H groups in total. The average molecular weight is 466 g/mol. The Morgan fingerprint density at radius 1 is 0.818 bits per heavy atom. The Labute approximate surface area is 192 Å². The van der Waals surface area contributed by atoms with Gasteiger partial charge in [-0.3, -0.25) is 9.69 Å². The van der Waals surface area contributed by atoms with Crippen molar-refractivity contribution in [2.75, 3.05) is 19.1 Å². The van der Waals surface area contributed by atoms with Crippen molar-refractivity contribution in [1.29, 1.82) is 0 Å². The highest BCUT2D eigenvalue weighted by Gasteiger charge is 2.47. The SMILES string of the molecule is COc1ccc([C@H]2C(S(=O)(=O)c3ccc(C)cc3)=C(O)C(=O)N2c2ccc(OC)cc2)cc1. The molecule has 3 aromatic carbocycles. The molecule has 170 valence electrons. The van der Waals surface area contributed by atoms with Crippen LogP contribution in [0.1, 0.15) is 17.2 Å². The third-order valence-electron chi connectivity index (χ3n) is 5.56. The summed E-state index contributed by atoms with van der Waals surface area (Å²) < 4.78 is 37.7. The van der Waals surface area contributed by atoms with E-state index in [9.17, 15) is 18.3 Å². The molecule has 0 saturated carbocycles. The summed E-state index contributed by atoms with van der Waals surface area (Å²) in [5.74, 6) is -0.440. The van der Waals surface area contributed by atoms with Gasteiger partial charge in [0.1, 0.15) is 22.4 Å². The Bertz CT molecular complexity index is 1310. The number of rotatable bonds is 6. The zero-order chi connectivity index (χ0) is 23.8. The lowest BCUT2D eigenvalue weighted by Crippen LogP contribution is -2.31. The van der Waals surface area contributed by atoms with Gasteiger partial charge in [0.05, 0.1) is 19.1 Å². The van der Waals surface area contributed by atoms with Crippen LogP contribution in [0.2, 0.25) is 0 Å². The van der Waals surface area contributed by atoms with E-state index in [0.29, 0.717) is 22.7 Å². The van der Waals surface area contributed by atoms with E-state index >= 15 is 0 Å². The summed E-state index contributed by atoms with van der Waals surface area (Å²) in [4.78, 5) is 14.1. The molecule has 0 aliphatic carbocycles. The Hall–Kier alpha value is -3.78. The number of aryl methyl sites for hydroxylation is 1. The van der Waals surface area contributed by atoms with Crippen molar-refractivity contribution in [2.45, 2.75) is 17.9 Å². The van der Waals surface area contributed by atoms with Crippen molar-refractivity contribution in [3.63, 3.8) is 0 Å². The first-order valence-electron chi connectivity index (χ1n) is 10.1. The van der Waals surface area contributed by atoms with Gasteiger partial charge in [-0.05, 0) is 61.0 Å². The fourth-order valence-electron chi connectivity index (χ4n) is 3.80. The molecule has 0 spiro atoms. The van der Waals surface area contributed by atoms with Crippen molar-refractivity contribution in [3.05, 3.63) is 94.6 Å². The molecule has 3 aromatic rings. The number of anilines is 1. The smallest absolute Gasteiger partial charge is 0.295 e. The Morgan fingerprint density at radius 2 is 1.33 bits per heavy atom. The molecule has 0 saturated heterocycles. The van der Waals surface area contributed by atoms with Gasteiger partial charge in [-0.15, -0.1) is 0 Å². The lowest BCUT2D eigenvalue weighted by atomic mass is 10.1. The number of hydrogen-bond acceptors (Lipinski definition) is 6. The predicted molar refractivity (Wildman–Crippen MR) is 124 cm³/mol. The van der Waals surface area contributed by atoms with Gasteiger partial charge in [-0.2, -0.15) is 0 Å². The van der Waals surface area contributed by atoms with E-state index in [0.717, 1.165) is 5.56 Å². The maximum absolute atomic E-state index is 13.6. The van der Waals surface area contributed by atoms with Crippen LogP contribution in [-0.4, -0.2) is 33.7 Å². The van der Waals surface area contributed by atoms with Crippen molar-refractivity contribution in [2.24, 2.45) is 0 Å². The van der Waals surface area contributed by atoms with Crippen molar-refractivity contribution < 1.29 is 27.8 Å². The highest BCUT2D eigenvalue weighted by Crippen LogP contribution is 2.45. The maximum Gasteiger partial charge on any atom is 0.295 e. The maximum atomic E-state index is 13.6. The largest absolute Gasteiger partial charge is 0.502 e. The molecular weight excluding hydrogens is 442 g/mol. The van der Waals surface area contributed by atoms with E-state index in [1.807, 2.05) is 6.92 Å². The molecule has 7 nitrogen and oxygen atoms in total. The van der Waals surface area contributed by atoms with Crippen molar-refractivity contribution >= 4 is 21.4 Å². The van der Waals surface area contributed by atoms with E-state index in [4.69, 9.17) is 9.47 Å². The zero-order valence-electron chi connectivity index (χ0n) is 18.3. The summed E-state index contributed by atoms with van der Waals surface area (Å²) in [6, 6.07) is 18.5. The summed E-state index contributed by atoms with van der Waals surface area (Å²) in [6.07, 6.45) is 0. The fraction of sp³-hybridized carbons (Fsp3) is 0.160. The normalized spacial score (nSPS) is 16.3. The van der Waals surface area contributed by atoms with E-state index in [2.05, 4.69) is 0 Å². The topological polar surface area (TPSA) is 93.1 Å². The molecule has 1 aliphatic rings. The quantitative estimate of drug-likeness (QED) is 0.582. The molecule has 0 aromatic heterocycles. The second-order valence-corrected chi connectivity index (χ2v) is 9.50. The minimum atomic E-state index is -4.19. The molecule has 1 amide bonds. The van der Waals surface area contributed by atoms with Gasteiger partial charge in [0.25, 0.3) is 5.91 Å². The van der Waals surface area contributed by atoms with Crippen LogP contribution in [-0.2, 0) is 14.6 Å². The molecule has 1 aliphatic heterocycles. The number of methoxy groups -OCH3 is 2. The first-order valence-corrected chi connectivity index (χ1v) is 11.6. The summed E-state index contributed by atoms with van der Waals surface area (Å²) in [5.41, 5.74) is 1.82. The number of sulfone groups is 1. The molecule has 1 atom stereocenters. The monoisotopic (exact) mass is 465 g/mol. The van der Waals surface area contributed by atoms with E-state index in [1.165, 1.54) is 31.3 Å². The lowest BCUT2D eigenvalue weighted by molar-refractivity contribution is -0.117. The van der Waals surface area contributed by atoms with Gasteiger partial charge < -0.3 is 14.6 Å². The van der Waals surface area contributed by atoms with Gasteiger partial charge in [0, 0.05) is 5.69 Å². The van der Waals surface area contributed by atoms with Gasteiger partial charge in [0.15, 0.2) is 5.76 Å². The molecule has 8 heteroatoms. The standard InChI is InChI=1S/C25H23NO6S/c1-16-4-14-21(15-5-16)33(29,30)24-22(17-6-10-19(31-2)11-7-17)26(25(28)23(24)27)18-8-12-20(32-3)13-9-18/h4-15,22,27H,1-3H3/t22-/m0/s1. The number of ether oxygens (including phenoxy) is 2. The van der Waals surface area contributed by atoms with Crippen LogP contribution in [0.25, 0.3) is 0 Å². The summed E-state index contributed by atoms with van der Waals surface area (Å²) in [7, 11) is -1.14. The molecule has 33 heavy (non-hydrogen) atoms. The van der Waals surface area contributed by atoms with E-state index in [1.54, 1.807) is 60.7 Å². The Morgan fingerprint density at radius 3 is 1.85 bits per heavy atom. The van der Waals surface area contributed by atoms with Gasteiger partial charge in [-0.1, -0.05) is 29.8 Å². The zero-order valence-corrected chi connectivity index (χ0v) is 19.2. The summed E-state index contributed by atoms with van der Waals surface area (Å²) in [6.45, 7) is 1.85. The van der Waals surface area contributed by atoms with Crippen molar-refractivity contribution in [3.8, 4) is 11.5 Å². The third-order valence-corrected chi connectivity index (χ3v) is 7.45. The minimum absolute atomic E-state index is 0.00228. The first-order chi connectivity index (χ1) is 15.8. The minimum Gasteiger partial charge on any atom is -0.502 e. The van der Waals surface area contributed by atoms with Crippen LogP contribution in [0.15, 0.2) is 88.4 Å². The Kier molecular flexibility index (Phi) is 5.86. The Balaban J connectivity index is 1.90. The first kappa shape index (κ1) is 22.4. The van der Waals surface area contributed by atoms with Gasteiger partial charge in [0.2, 0.25) is 9.84 Å². The fourth-order valence-corrected chi connectivity index (χ4v) is 5.42. The van der Waals surface area contributed by atoms with Gasteiger partial charge in [-0.25, -0.2) is 8.42 Å². The molecule has 0 bridgehead atoms. The summed E-state index contributed by atoms with van der Waals surface area (Å²) >= 11 is 0. The summed E-state index contributed by atoms with van der Waals surface area (Å²) in [5, 5.41) is 10.8. The molecule has 0 radical (unpaired) electrons. The predicted octanol–water partition coefficient (Wildman–Crippen LogP) is 4.34. The van der Waals surface area contributed by atoms with Crippen LogP contribution in [0.3, 0.4) is 0 Å². The molecule has 0 fully saturated rings. The number of hydrogen-bond donors (Lipinski definition) is 1. The van der Waals surface area contributed by atoms with Crippen LogP contribution in [0.4, 0.5) is 5.69 Å². The second kappa shape index (κ2) is 8.63. The van der Waals surface area contributed by atoms with E-state index in [-0.39, 0.29) is 9.80 Å². The number of aliphatic hydroxyl groups is 1. The number of benzene rings is 3. The van der Waals surface area contributed by atoms with Crippen molar-refractivity contribution in [1.82, 2.24) is 0 Å². The highest BCUT2D eigenvalue weighted by atomic mass is 32.2. The average Bonchev–Trinajstić information content (AvgIpc) is 3.10. The third kappa shape index (κ3) is 3.93.